The van der Waals surface area contributed by atoms with E-state index < -0.39 is 39.9 Å². The number of ether oxygens (including phenoxy) is 1. The third-order valence-electron chi connectivity index (χ3n) is 6.15. The van der Waals surface area contributed by atoms with Gasteiger partial charge in [0.2, 0.25) is 21.8 Å². The number of halogens is 1. The van der Waals surface area contributed by atoms with Crippen molar-refractivity contribution in [2.24, 2.45) is 0 Å². The van der Waals surface area contributed by atoms with Gasteiger partial charge in [-0.1, -0.05) is 42.5 Å². The molecule has 10 heteroatoms. The van der Waals surface area contributed by atoms with Crippen molar-refractivity contribution in [2.45, 2.75) is 52.2 Å². The fraction of sp³-hybridized carbons (Fsp3) is 0.355. The molecule has 8 nitrogen and oxygen atoms in total. The highest BCUT2D eigenvalue weighted by atomic mass is 32.2. The molecule has 1 atom stereocenters. The number of carbonyl (C=O) groups is 2. The van der Waals surface area contributed by atoms with Gasteiger partial charge in [0.25, 0.3) is 0 Å². The molecule has 0 aliphatic carbocycles. The molecule has 0 aliphatic heterocycles. The first kappa shape index (κ1) is 31.6. The summed E-state index contributed by atoms with van der Waals surface area (Å²) < 4.78 is 45.9. The zero-order valence-corrected chi connectivity index (χ0v) is 24.9. The first-order chi connectivity index (χ1) is 19.3. The van der Waals surface area contributed by atoms with Gasteiger partial charge in [-0.25, -0.2) is 12.8 Å². The van der Waals surface area contributed by atoms with Gasteiger partial charge in [-0.05, 0) is 75.2 Å². The smallest absolute Gasteiger partial charge is 0.244 e. The SMILES string of the molecule is CCOc1ccc(N(CC(=O)N(Cc2ccc(F)cc2)C(Cc2ccccc2)C(=O)NC(C)(C)C)S(C)(=O)=O)cc1. The van der Waals surface area contributed by atoms with Crippen LogP contribution in [0.5, 0.6) is 5.75 Å². The molecule has 0 bridgehead atoms. The Morgan fingerprint density at radius 3 is 2.07 bits per heavy atom. The molecule has 0 aliphatic rings. The number of anilines is 1. The first-order valence-electron chi connectivity index (χ1n) is 13.4. The zero-order valence-electron chi connectivity index (χ0n) is 24.1. The van der Waals surface area contributed by atoms with Crippen LogP contribution in [-0.2, 0) is 32.6 Å². The quantitative estimate of drug-likeness (QED) is 0.338. The lowest BCUT2D eigenvalue weighted by atomic mass is 10.0. The van der Waals surface area contributed by atoms with Crippen molar-refractivity contribution in [3.05, 3.63) is 95.8 Å². The number of carbonyl (C=O) groups excluding carboxylic acids is 2. The molecule has 0 heterocycles. The van der Waals surface area contributed by atoms with E-state index in [0.717, 1.165) is 16.1 Å². The fourth-order valence-electron chi connectivity index (χ4n) is 4.28. The average Bonchev–Trinajstić information content (AvgIpc) is 2.90. The van der Waals surface area contributed by atoms with Gasteiger partial charge in [0.05, 0.1) is 18.6 Å². The summed E-state index contributed by atoms with van der Waals surface area (Å²) in [7, 11) is -3.89. The third kappa shape index (κ3) is 9.60. The third-order valence-corrected chi connectivity index (χ3v) is 7.29. The van der Waals surface area contributed by atoms with Gasteiger partial charge < -0.3 is 15.0 Å². The van der Waals surface area contributed by atoms with E-state index in [2.05, 4.69) is 5.32 Å². The molecule has 0 saturated heterocycles. The van der Waals surface area contributed by atoms with Crippen molar-refractivity contribution in [3.8, 4) is 5.75 Å². The second-order valence-corrected chi connectivity index (χ2v) is 12.7. The van der Waals surface area contributed by atoms with Gasteiger partial charge in [-0.15, -0.1) is 0 Å². The van der Waals surface area contributed by atoms with Crippen molar-refractivity contribution < 1.29 is 27.1 Å². The molecule has 0 radical (unpaired) electrons. The summed E-state index contributed by atoms with van der Waals surface area (Å²) in [5.41, 5.74) is 1.11. The van der Waals surface area contributed by atoms with E-state index in [4.69, 9.17) is 4.74 Å². The summed E-state index contributed by atoms with van der Waals surface area (Å²) in [6, 6.07) is 20.3. The van der Waals surface area contributed by atoms with Crippen molar-refractivity contribution >= 4 is 27.5 Å². The summed E-state index contributed by atoms with van der Waals surface area (Å²) in [4.78, 5) is 29.1. The van der Waals surface area contributed by atoms with Crippen LogP contribution in [0.2, 0.25) is 0 Å². The molecule has 1 N–H and O–H groups in total. The molecule has 0 aromatic heterocycles. The van der Waals surface area contributed by atoms with Crippen LogP contribution in [0.4, 0.5) is 10.1 Å². The molecule has 3 aromatic carbocycles. The Hall–Kier alpha value is -3.92. The highest BCUT2D eigenvalue weighted by molar-refractivity contribution is 7.92. The Balaban J connectivity index is 2.04. The number of amides is 2. The summed E-state index contributed by atoms with van der Waals surface area (Å²) in [5, 5.41) is 2.96. The maximum Gasteiger partial charge on any atom is 0.244 e. The van der Waals surface area contributed by atoms with Crippen molar-refractivity contribution in [2.75, 3.05) is 23.7 Å². The summed E-state index contributed by atoms with van der Waals surface area (Å²) in [5.74, 6) is -0.838. The van der Waals surface area contributed by atoms with Crippen LogP contribution in [0.3, 0.4) is 0 Å². The minimum Gasteiger partial charge on any atom is -0.494 e. The molecule has 0 fully saturated rings. The van der Waals surface area contributed by atoms with E-state index in [1.54, 1.807) is 24.3 Å². The first-order valence-corrected chi connectivity index (χ1v) is 15.2. The topological polar surface area (TPSA) is 96.0 Å². The zero-order chi connectivity index (χ0) is 30.2. The molecular formula is C31H38FN3O5S. The molecular weight excluding hydrogens is 545 g/mol. The van der Waals surface area contributed by atoms with Crippen LogP contribution in [0.15, 0.2) is 78.9 Å². The normalized spacial score (nSPS) is 12.3. The van der Waals surface area contributed by atoms with E-state index in [0.29, 0.717) is 17.9 Å². The van der Waals surface area contributed by atoms with Gasteiger partial charge in [0.15, 0.2) is 0 Å². The van der Waals surface area contributed by atoms with E-state index in [1.807, 2.05) is 58.0 Å². The molecule has 0 spiro atoms. The maximum atomic E-state index is 14.1. The second-order valence-electron chi connectivity index (χ2n) is 10.8. The van der Waals surface area contributed by atoms with Crippen molar-refractivity contribution in [1.29, 1.82) is 0 Å². The summed E-state index contributed by atoms with van der Waals surface area (Å²) in [6.07, 6.45) is 1.21. The van der Waals surface area contributed by atoms with E-state index in [-0.39, 0.29) is 24.6 Å². The predicted octanol–water partition coefficient (Wildman–Crippen LogP) is 4.55. The number of sulfonamides is 1. The standard InChI is InChI=1S/C31H38FN3O5S/c1-6-40-27-18-16-26(17-19-27)35(41(5,38)39)22-29(36)34(21-24-12-14-25(32)15-13-24)28(30(37)33-31(2,3)4)20-23-10-8-7-9-11-23/h7-19,28H,6,20-22H2,1-5H3,(H,33,37). The molecule has 3 rings (SSSR count). The molecule has 2 amide bonds. The molecule has 0 saturated carbocycles. The lowest BCUT2D eigenvalue weighted by molar-refractivity contribution is -0.140. The number of nitrogens with zero attached hydrogens (tertiary/aromatic N) is 2. The number of hydrogen-bond donors (Lipinski definition) is 1. The Kier molecular flexibility index (Phi) is 10.5. The molecule has 1 unspecified atom stereocenters. The minimum atomic E-state index is -3.89. The van der Waals surface area contributed by atoms with Crippen LogP contribution in [0.25, 0.3) is 0 Å². The summed E-state index contributed by atoms with van der Waals surface area (Å²) >= 11 is 0. The second kappa shape index (κ2) is 13.6. The number of nitrogens with one attached hydrogen (secondary N) is 1. The molecule has 220 valence electrons. The van der Waals surface area contributed by atoms with Gasteiger partial charge in [0, 0.05) is 18.5 Å². The van der Waals surface area contributed by atoms with Gasteiger partial charge in [0.1, 0.15) is 24.2 Å². The minimum absolute atomic E-state index is 0.0327. The molecule has 3 aromatic rings. The number of hydrogen-bond acceptors (Lipinski definition) is 5. The van der Waals surface area contributed by atoms with Crippen LogP contribution in [-0.4, -0.2) is 56.1 Å². The Morgan fingerprint density at radius 1 is 0.927 bits per heavy atom. The van der Waals surface area contributed by atoms with E-state index in [1.165, 1.54) is 29.2 Å². The maximum absolute atomic E-state index is 14.1. The lowest BCUT2D eigenvalue weighted by Crippen LogP contribution is -2.56. The Morgan fingerprint density at radius 2 is 1.54 bits per heavy atom. The van der Waals surface area contributed by atoms with Crippen molar-refractivity contribution in [1.82, 2.24) is 10.2 Å². The highest BCUT2D eigenvalue weighted by Crippen LogP contribution is 2.23. The number of rotatable bonds is 12. The van der Waals surface area contributed by atoms with Crippen LogP contribution in [0, 0.1) is 5.82 Å². The summed E-state index contributed by atoms with van der Waals surface area (Å²) in [6.45, 7) is 7.24. The monoisotopic (exact) mass is 583 g/mol. The Bertz CT molecular complexity index is 1410. The van der Waals surface area contributed by atoms with Gasteiger partial charge >= 0.3 is 0 Å². The van der Waals surface area contributed by atoms with Crippen LogP contribution >= 0.6 is 0 Å². The largest absolute Gasteiger partial charge is 0.494 e. The van der Waals surface area contributed by atoms with Crippen LogP contribution < -0.4 is 14.4 Å². The molecule has 41 heavy (non-hydrogen) atoms. The lowest BCUT2D eigenvalue weighted by Gasteiger charge is -2.35. The fourth-order valence-corrected chi connectivity index (χ4v) is 5.13. The highest BCUT2D eigenvalue weighted by Gasteiger charge is 2.34. The number of benzene rings is 3. The Labute approximate surface area is 242 Å². The van der Waals surface area contributed by atoms with Crippen molar-refractivity contribution in [3.63, 3.8) is 0 Å². The predicted molar refractivity (Wildman–Crippen MR) is 159 cm³/mol. The van der Waals surface area contributed by atoms with Crippen LogP contribution in [0.1, 0.15) is 38.8 Å². The van der Waals surface area contributed by atoms with E-state index in [9.17, 15) is 22.4 Å². The van der Waals surface area contributed by atoms with Gasteiger partial charge in [-0.2, -0.15) is 0 Å². The van der Waals surface area contributed by atoms with Gasteiger partial charge in [-0.3, -0.25) is 13.9 Å². The average molecular weight is 584 g/mol. The van der Waals surface area contributed by atoms with E-state index >= 15 is 0 Å².